The van der Waals surface area contributed by atoms with E-state index in [1.54, 1.807) is 0 Å². The van der Waals surface area contributed by atoms with Gasteiger partial charge in [0.25, 0.3) is 0 Å². The fourth-order valence-corrected chi connectivity index (χ4v) is 1.83. The average Bonchev–Trinajstić information content (AvgIpc) is 2.38. The molecule has 0 atom stereocenters. The summed E-state index contributed by atoms with van der Waals surface area (Å²) in [5.41, 5.74) is 4.55. The Morgan fingerprint density at radius 1 is 1.21 bits per heavy atom. The van der Waals surface area contributed by atoms with Crippen molar-refractivity contribution in [2.75, 3.05) is 17.4 Å². The number of nitrogen functional groups attached to an aromatic ring is 1. The Kier molecular flexibility index (Phi) is 3.91. The summed E-state index contributed by atoms with van der Waals surface area (Å²) in [5, 5.41) is 0. The van der Waals surface area contributed by atoms with E-state index in [1.807, 2.05) is 50.1 Å². The molecule has 2 aromatic heterocycles. The SMILES string of the molecule is Cc1cccc(CN(C)c2cc(NN)nc(C)n2)n1. The number of hydrogen-bond donors (Lipinski definition) is 2. The molecule has 2 rings (SSSR count). The summed E-state index contributed by atoms with van der Waals surface area (Å²) >= 11 is 0. The van der Waals surface area contributed by atoms with Crippen molar-refractivity contribution >= 4 is 11.6 Å². The average molecular weight is 258 g/mol. The van der Waals surface area contributed by atoms with Crippen LogP contribution in [-0.2, 0) is 6.54 Å². The van der Waals surface area contributed by atoms with Gasteiger partial charge in [-0.3, -0.25) is 4.98 Å². The second kappa shape index (κ2) is 5.62. The van der Waals surface area contributed by atoms with E-state index in [0.29, 0.717) is 18.2 Å². The van der Waals surface area contributed by atoms with Crippen LogP contribution in [0.25, 0.3) is 0 Å². The number of anilines is 2. The lowest BCUT2D eigenvalue weighted by molar-refractivity contribution is 0.847. The van der Waals surface area contributed by atoms with Crippen molar-refractivity contribution in [1.29, 1.82) is 0 Å². The summed E-state index contributed by atoms with van der Waals surface area (Å²) in [7, 11) is 1.96. The summed E-state index contributed by atoms with van der Waals surface area (Å²) in [5.74, 6) is 7.48. The van der Waals surface area contributed by atoms with Crippen LogP contribution in [0.2, 0.25) is 0 Å². The maximum atomic E-state index is 5.39. The summed E-state index contributed by atoms with van der Waals surface area (Å²) in [4.78, 5) is 15.0. The molecule has 100 valence electrons. The van der Waals surface area contributed by atoms with E-state index in [4.69, 9.17) is 5.84 Å². The number of nitrogens with two attached hydrogens (primary N) is 1. The molecular weight excluding hydrogens is 240 g/mol. The summed E-state index contributed by atoms with van der Waals surface area (Å²) < 4.78 is 0. The minimum atomic E-state index is 0.603. The van der Waals surface area contributed by atoms with Crippen molar-refractivity contribution in [2.24, 2.45) is 5.84 Å². The number of nitrogens with one attached hydrogen (secondary N) is 1. The highest BCUT2D eigenvalue weighted by Gasteiger charge is 2.07. The molecule has 2 aromatic rings. The van der Waals surface area contributed by atoms with Crippen molar-refractivity contribution in [3.8, 4) is 0 Å². The second-order valence-corrected chi connectivity index (χ2v) is 4.43. The van der Waals surface area contributed by atoms with Gasteiger partial charge in [-0.05, 0) is 26.0 Å². The van der Waals surface area contributed by atoms with Gasteiger partial charge in [-0.2, -0.15) is 0 Å². The van der Waals surface area contributed by atoms with Crippen LogP contribution >= 0.6 is 0 Å². The topological polar surface area (TPSA) is 80.0 Å². The van der Waals surface area contributed by atoms with Gasteiger partial charge in [0.1, 0.15) is 17.5 Å². The molecule has 0 fully saturated rings. The van der Waals surface area contributed by atoms with Crippen LogP contribution in [0.15, 0.2) is 24.3 Å². The Hall–Kier alpha value is -2.21. The predicted octanol–water partition coefficient (Wildman–Crippen LogP) is 1.41. The molecule has 6 nitrogen and oxygen atoms in total. The highest BCUT2D eigenvalue weighted by atomic mass is 15.3. The number of nitrogens with zero attached hydrogens (tertiary/aromatic N) is 4. The summed E-state index contributed by atoms with van der Waals surface area (Å²) in [6.07, 6.45) is 0. The van der Waals surface area contributed by atoms with Crippen LogP contribution < -0.4 is 16.2 Å². The van der Waals surface area contributed by atoms with Crippen LogP contribution in [0, 0.1) is 13.8 Å². The summed E-state index contributed by atoms with van der Waals surface area (Å²) in [6, 6.07) is 7.79. The molecule has 0 amide bonds. The molecule has 0 spiro atoms. The normalized spacial score (nSPS) is 10.3. The van der Waals surface area contributed by atoms with E-state index < -0.39 is 0 Å². The molecule has 0 radical (unpaired) electrons. The van der Waals surface area contributed by atoms with E-state index in [-0.39, 0.29) is 0 Å². The van der Waals surface area contributed by atoms with Crippen molar-refractivity contribution in [3.63, 3.8) is 0 Å². The van der Waals surface area contributed by atoms with Crippen LogP contribution in [0.5, 0.6) is 0 Å². The molecule has 0 aromatic carbocycles. The van der Waals surface area contributed by atoms with Gasteiger partial charge in [-0.15, -0.1) is 0 Å². The largest absolute Gasteiger partial charge is 0.354 e. The van der Waals surface area contributed by atoms with Crippen LogP contribution in [0.1, 0.15) is 17.2 Å². The molecule has 0 saturated carbocycles. The maximum Gasteiger partial charge on any atom is 0.145 e. The molecule has 0 bridgehead atoms. The molecule has 2 heterocycles. The Labute approximate surface area is 112 Å². The highest BCUT2D eigenvalue weighted by Crippen LogP contribution is 2.15. The third-order valence-electron chi connectivity index (χ3n) is 2.71. The van der Waals surface area contributed by atoms with E-state index in [2.05, 4.69) is 20.4 Å². The van der Waals surface area contributed by atoms with Crippen molar-refractivity contribution in [1.82, 2.24) is 15.0 Å². The Balaban J connectivity index is 2.20. The molecule has 0 unspecified atom stereocenters. The highest BCUT2D eigenvalue weighted by molar-refractivity contribution is 5.48. The molecule has 0 aliphatic heterocycles. The first-order valence-electron chi connectivity index (χ1n) is 6.04. The number of rotatable bonds is 4. The van der Waals surface area contributed by atoms with Crippen molar-refractivity contribution < 1.29 is 0 Å². The van der Waals surface area contributed by atoms with Gasteiger partial charge in [0, 0.05) is 18.8 Å². The molecule has 0 aliphatic rings. The van der Waals surface area contributed by atoms with E-state index in [0.717, 1.165) is 17.2 Å². The standard InChI is InChI=1S/C13H18N6/c1-9-5-4-6-11(15-9)8-19(3)13-7-12(18-14)16-10(2)17-13/h4-7H,8,14H2,1-3H3,(H,16,17,18). The quantitative estimate of drug-likeness (QED) is 0.637. The number of aromatic nitrogens is 3. The minimum Gasteiger partial charge on any atom is -0.354 e. The molecule has 0 aliphatic carbocycles. The summed E-state index contributed by atoms with van der Waals surface area (Å²) in [6.45, 7) is 4.50. The van der Waals surface area contributed by atoms with Crippen molar-refractivity contribution in [2.45, 2.75) is 20.4 Å². The first-order chi connectivity index (χ1) is 9.08. The number of hydrazine groups is 1. The van der Waals surface area contributed by atoms with Crippen molar-refractivity contribution in [3.05, 3.63) is 41.5 Å². The minimum absolute atomic E-state index is 0.603. The zero-order chi connectivity index (χ0) is 13.8. The predicted molar refractivity (Wildman–Crippen MR) is 75.7 cm³/mol. The monoisotopic (exact) mass is 258 g/mol. The van der Waals surface area contributed by atoms with E-state index in [1.165, 1.54) is 0 Å². The first-order valence-corrected chi connectivity index (χ1v) is 6.04. The maximum absolute atomic E-state index is 5.39. The molecule has 6 heteroatoms. The first kappa shape index (κ1) is 13.2. The Morgan fingerprint density at radius 2 is 2.00 bits per heavy atom. The van der Waals surface area contributed by atoms with Crippen LogP contribution in [0.3, 0.4) is 0 Å². The molecule has 3 N–H and O–H groups in total. The zero-order valence-corrected chi connectivity index (χ0v) is 11.4. The lowest BCUT2D eigenvalue weighted by Crippen LogP contribution is -2.20. The van der Waals surface area contributed by atoms with Gasteiger partial charge in [0.15, 0.2) is 0 Å². The van der Waals surface area contributed by atoms with Crippen LogP contribution in [0.4, 0.5) is 11.6 Å². The van der Waals surface area contributed by atoms with Crippen LogP contribution in [-0.4, -0.2) is 22.0 Å². The smallest absolute Gasteiger partial charge is 0.145 e. The second-order valence-electron chi connectivity index (χ2n) is 4.43. The molecule has 0 saturated heterocycles. The fourth-order valence-electron chi connectivity index (χ4n) is 1.83. The van der Waals surface area contributed by atoms with Gasteiger partial charge in [-0.25, -0.2) is 15.8 Å². The molecule has 19 heavy (non-hydrogen) atoms. The van der Waals surface area contributed by atoms with Gasteiger partial charge < -0.3 is 10.3 Å². The van der Waals surface area contributed by atoms with Gasteiger partial charge in [-0.1, -0.05) is 6.07 Å². The van der Waals surface area contributed by atoms with Gasteiger partial charge in [0.2, 0.25) is 0 Å². The fraction of sp³-hybridized carbons (Fsp3) is 0.308. The number of pyridine rings is 1. The third-order valence-corrected chi connectivity index (χ3v) is 2.71. The Bertz CT molecular complexity index is 569. The third kappa shape index (κ3) is 3.38. The lowest BCUT2D eigenvalue weighted by atomic mass is 10.3. The number of hydrogen-bond acceptors (Lipinski definition) is 6. The molecular formula is C13H18N6. The number of aryl methyl sites for hydroxylation is 2. The van der Waals surface area contributed by atoms with Gasteiger partial charge in [0.05, 0.1) is 12.2 Å². The van der Waals surface area contributed by atoms with E-state index >= 15 is 0 Å². The lowest BCUT2D eigenvalue weighted by Gasteiger charge is -2.18. The zero-order valence-electron chi connectivity index (χ0n) is 11.4. The van der Waals surface area contributed by atoms with E-state index in [9.17, 15) is 0 Å². The van der Waals surface area contributed by atoms with Gasteiger partial charge >= 0.3 is 0 Å². The Morgan fingerprint density at radius 3 is 2.68 bits per heavy atom.